The van der Waals surface area contributed by atoms with Crippen molar-refractivity contribution in [1.82, 2.24) is 35.3 Å². The number of piperazine rings is 1. The van der Waals surface area contributed by atoms with Gasteiger partial charge in [0.05, 0.1) is 30.0 Å². The van der Waals surface area contributed by atoms with Crippen LogP contribution in [0.25, 0.3) is 11.4 Å². The number of carbonyl (C=O) groups is 7. The molecule has 2 saturated heterocycles. The van der Waals surface area contributed by atoms with Crippen LogP contribution < -0.4 is 26.0 Å². The maximum atomic E-state index is 13.5. The van der Waals surface area contributed by atoms with Gasteiger partial charge in [-0.05, 0) is 55.9 Å². The van der Waals surface area contributed by atoms with E-state index in [0.717, 1.165) is 4.90 Å². The number of hydrogen-bond donors (Lipinski definition) is 4. The van der Waals surface area contributed by atoms with E-state index in [-0.39, 0.29) is 73.1 Å². The van der Waals surface area contributed by atoms with Gasteiger partial charge in [0.15, 0.2) is 11.7 Å². The molecule has 0 radical (unpaired) electrons. The van der Waals surface area contributed by atoms with E-state index in [2.05, 4.69) is 36.1 Å². The van der Waals surface area contributed by atoms with Crippen LogP contribution >= 0.6 is 11.3 Å². The molecule has 19 heteroatoms. The van der Waals surface area contributed by atoms with Gasteiger partial charge >= 0.3 is 0 Å². The number of thiazole rings is 1. The third kappa shape index (κ3) is 9.60. The Hall–Kier alpha value is -6.57. The summed E-state index contributed by atoms with van der Waals surface area (Å²) in [6.45, 7) is 2.85. The Morgan fingerprint density at radius 3 is 2.49 bits per heavy atom. The molecule has 306 valence electrons. The fourth-order valence-electron chi connectivity index (χ4n) is 6.75. The Bertz CT molecular complexity index is 2280. The molecule has 5 heterocycles. The Morgan fingerprint density at radius 2 is 1.71 bits per heavy atom. The molecule has 0 spiro atoms. The van der Waals surface area contributed by atoms with Gasteiger partial charge in [-0.1, -0.05) is 12.1 Å². The third-order valence-electron chi connectivity index (χ3n) is 9.83. The fraction of sp³-hybridized carbons (Fsp3) is 0.325. The Kier molecular flexibility index (Phi) is 12.6. The summed E-state index contributed by atoms with van der Waals surface area (Å²) in [5, 5.41) is 12.9. The smallest absolute Gasteiger partial charge is 0.264 e. The average Bonchev–Trinajstić information content (AvgIpc) is 3.81. The summed E-state index contributed by atoms with van der Waals surface area (Å²) in [5.41, 5.74) is 2.37. The maximum Gasteiger partial charge on any atom is 0.264 e. The van der Waals surface area contributed by atoms with Gasteiger partial charge in [-0.2, -0.15) is 0 Å². The van der Waals surface area contributed by atoms with Crippen LogP contribution in [0.15, 0.2) is 66.2 Å². The van der Waals surface area contributed by atoms with Gasteiger partial charge in [0.2, 0.25) is 11.8 Å². The normalized spacial score (nSPS) is 16.7. The monoisotopic (exact) mass is 823 g/mol. The average molecular weight is 824 g/mol. The summed E-state index contributed by atoms with van der Waals surface area (Å²) in [4.78, 5) is 104. The van der Waals surface area contributed by atoms with Crippen LogP contribution in [0.5, 0.6) is 5.75 Å². The van der Waals surface area contributed by atoms with Gasteiger partial charge in [0.1, 0.15) is 17.5 Å². The second-order valence-electron chi connectivity index (χ2n) is 13.9. The highest BCUT2D eigenvalue weighted by atomic mass is 32.1. The van der Waals surface area contributed by atoms with Crippen molar-refractivity contribution in [2.75, 3.05) is 76.8 Å². The molecule has 4 aromatic rings. The first-order valence-corrected chi connectivity index (χ1v) is 19.8. The zero-order chi connectivity index (χ0) is 41.5. The molecule has 4 N–H and O–H groups in total. The van der Waals surface area contributed by atoms with E-state index in [1.54, 1.807) is 34.7 Å². The number of likely N-dealkylation sites (N-methyl/N-ethyl adjacent to an activating group) is 1. The highest BCUT2D eigenvalue weighted by Crippen LogP contribution is 2.32. The number of rotatable bonds is 15. The quantitative estimate of drug-likeness (QED) is 0.0995. The van der Waals surface area contributed by atoms with E-state index in [9.17, 15) is 33.6 Å². The predicted molar refractivity (Wildman–Crippen MR) is 214 cm³/mol. The Labute approximate surface area is 342 Å². The van der Waals surface area contributed by atoms with E-state index in [1.807, 2.05) is 19.2 Å². The van der Waals surface area contributed by atoms with Crippen molar-refractivity contribution in [2.24, 2.45) is 0 Å². The highest BCUT2D eigenvalue weighted by Gasteiger charge is 2.45. The first kappa shape index (κ1) is 40.6. The van der Waals surface area contributed by atoms with Crippen molar-refractivity contribution >= 4 is 63.5 Å². The van der Waals surface area contributed by atoms with Crippen LogP contribution in [-0.2, 0) is 19.1 Å². The van der Waals surface area contributed by atoms with Crippen molar-refractivity contribution in [2.45, 2.75) is 18.9 Å². The lowest BCUT2D eigenvalue weighted by Crippen LogP contribution is -2.54. The molecular formula is C40H41N9O9S. The van der Waals surface area contributed by atoms with E-state index < -0.39 is 48.1 Å². The molecular weight excluding hydrogens is 783 g/mol. The molecule has 2 fully saturated rings. The summed E-state index contributed by atoms with van der Waals surface area (Å²) in [6, 6.07) is 13.7. The summed E-state index contributed by atoms with van der Waals surface area (Å²) >= 11 is 1.24. The van der Waals surface area contributed by atoms with Gasteiger partial charge in [0, 0.05) is 74.1 Å². The minimum absolute atomic E-state index is 0.0264. The van der Waals surface area contributed by atoms with E-state index in [1.165, 1.54) is 35.6 Å². The molecule has 0 aliphatic carbocycles. The Morgan fingerprint density at radius 1 is 0.915 bits per heavy atom. The number of anilines is 2. The number of nitrogens with zero attached hydrogens (tertiary/aromatic N) is 5. The number of imide groups is 2. The van der Waals surface area contributed by atoms with Gasteiger partial charge in [-0.25, -0.2) is 4.98 Å². The summed E-state index contributed by atoms with van der Waals surface area (Å²) in [6.07, 6.45) is 1.74. The number of fused-ring (bicyclic) bond motifs is 1. The second-order valence-corrected chi connectivity index (χ2v) is 14.8. The van der Waals surface area contributed by atoms with Crippen LogP contribution in [0.3, 0.4) is 0 Å². The van der Waals surface area contributed by atoms with E-state index >= 15 is 0 Å². The summed E-state index contributed by atoms with van der Waals surface area (Å²) in [7, 11) is 1.98. The van der Waals surface area contributed by atoms with Crippen molar-refractivity contribution < 1.29 is 43.0 Å². The molecule has 3 aliphatic rings. The molecule has 3 aliphatic heterocycles. The summed E-state index contributed by atoms with van der Waals surface area (Å²) in [5.74, 6) is -3.41. The van der Waals surface area contributed by atoms with Crippen molar-refractivity contribution in [3.05, 3.63) is 88.4 Å². The van der Waals surface area contributed by atoms with Crippen LogP contribution in [0.1, 0.15) is 54.3 Å². The number of aromatic nitrogens is 2. The molecule has 7 rings (SSSR count). The number of carbonyl (C=O) groups excluding carboxylic acids is 7. The van der Waals surface area contributed by atoms with Gasteiger partial charge in [-0.3, -0.25) is 54.1 Å². The molecule has 1 atom stereocenters. The minimum atomic E-state index is -1.07. The van der Waals surface area contributed by atoms with Crippen LogP contribution in [-0.4, -0.2) is 138 Å². The SMILES string of the molecule is CN1CCN(C(=O)c2cc(OCC(=O)NCCOCCNc3cccc4c3C(=O)N(C3CCC(=O)NC3=O)C4=O)cc(C(=O)Nc3nc(-c4ccccn4)cs3)c2)CC1. The number of hydrogen-bond acceptors (Lipinski definition) is 14. The second kappa shape index (κ2) is 18.3. The number of nitrogens with one attached hydrogen (secondary N) is 4. The molecule has 59 heavy (non-hydrogen) atoms. The van der Waals surface area contributed by atoms with Crippen molar-refractivity contribution in [1.29, 1.82) is 0 Å². The number of amides is 7. The van der Waals surface area contributed by atoms with Gasteiger partial charge in [0.25, 0.3) is 29.5 Å². The zero-order valence-corrected chi connectivity index (χ0v) is 32.8. The molecule has 7 amide bonds. The minimum Gasteiger partial charge on any atom is -0.484 e. The van der Waals surface area contributed by atoms with E-state index in [0.29, 0.717) is 48.4 Å². The lowest BCUT2D eigenvalue weighted by atomic mass is 10.0. The Balaban J connectivity index is 0.892. The first-order valence-electron chi connectivity index (χ1n) is 18.9. The van der Waals surface area contributed by atoms with Crippen LogP contribution in [0.4, 0.5) is 10.8 Å². The number of pyridine rings is 1. The maximum absolute atomic E-state index is 13.5. The van der Waals surface area contributed by atoms with Crippen LogP contribution in [0.2, 0.25) is 0 Å². The zero-order valence-electron chi connectivity index (χ0n) is 32.0. The third-order valence-corrected chi connectivity index (χ3v) is 10.6. The highest BCUT2D eigenvalue weighted by molar-refractivity contribution is 7.14. The number of ether oxygens (including phenoxy) is 2. The molecule has 1 unspecified atom stereocenters. The summed E-state index contributed by atoms with van der Waals surface area (Å²) < 4.78 is 11.4. The first-order chi connectivity index (χ1) is 28.5. The van der Waals surface area contributed by atoms with Gasteiger partial charge in [-0.15, -0.1) is 11.3 Å². The number of piperidine rings is 1. The van der Waals surface area contributed by atoms with E-state index in [4.69, 9.17) is 9.47 Å². The van der Waals surface area contributed by atoms with Crippen molar-refractivity contribution in [3.8, 4) is 17.1 Å². The molecule has 0 bridgehead atoms. The molecule has 0 saturated carbocycles. The van der Waals surface area contributed by atoms with Gasteiger partial charge < -0.3 is 29.9 Å². The molecule has 2 aromatic heterocycles. The topological polar surface area (TPSA) is 222 Å². The molecule has 2 aromatic carbocycles. The molecule has 18 nitrogen and oxygen atoms in total. The lowest BCUT2D eigenvalue weighted by molar-refractivity contribution is -0.136. The van der Waals surface area contributed by atoms with Crippen molar-refractivity contribution in [3.63, 3.8) is 0 Å². The standard InChI is InChI=1S/C40H41N9O9S/c1-47-13-15-48(16-14-47)37(54)25-19-24(35(52)46-40-44-30(23-59-40)28-6-2-3-10-41-28)20-26(21-25)58-22-33(51)43-12-18-57-17-11-42-29-7-4-5-27-34(29)39(56)49(38(27)55)31-8-9-32(50)45-36(31)53/h2-7,10,19-21,23,31,42H,8-9,11-18,22H2,1H3,(H,43,51)(H,44,46,52)(H,45,50,53). The van der Waals surface area contributed by atoms with Crippen LogP contribution in [0, 0.1) is 0 Å². The predicted octanol–water partition coefficient (Wildman–Crippen LogP) is 1.87. The number of benzene rings is 2. The largest absolute Gasteiger partial charge is 0.484 e. The lowest BCUT2D eigenvalue weighted by Gasteiger charge is -2.32. The fourth-order valence-corrected chi connectivity index (χ4v) is 7.45.